The molecule has 1 amide bonds. The van der Waals surface area contributed by atoms with Crippen LogP contribution in [-0.4, -0.2) is 137 Å². The normalized spacial score (nSPS) is 24.0. The highest BCUT2D eigenvalue weighted by molar-refractivity contribution is 6.72. The molecular weight excluding hydrogens is 859 g/mol. The second-order valence-corrected chi connectivity index (χ2v) is 16.2. The van der Waals surface area contributed by atoms with Crippen molar-refractivity contribution in [1.82, 2.24) is 4.98 Å². The molecular formula is C46H45N7O13. The SMILES string of the molecule is NC1=NC(=O)C2=NCN(c3ccccc3C3CCOCC4OC(Oc5c3cc3c(c5OCC(O)CC=O)C(=O)c5cc(CO)ccc5C3=O)C(OCCc3ccnc(N)c3)C(O)C4O)C2=N1. The van der Waals surface area contributed by atoms with Gasteiger partial charge in [-0.1, -0.05) is 24.3 Å². The molecule has 0 spiro atoms. The number of ether oxygens (including phenoxy) is 5. The predicted octanol–water partition coefficient (Wildman–Crippen LogP) is 0.738. The maximum atomic E-state index is 14.8. The summed E-state index contributed by atoms with van der Waals surface area (Å²) in [5, 5.41) is 44.0. The van der Waals surface area contributed by atoms with Gasteiger partial charge in [0.15, 0.2) is 34.6 Å². The van der Waals surface area contributed by atoms with Gasteiger partial charge in [0, 0.05) is 53.1 Å². The van der Waals surface area contributed by atoms with Gasteiger partial charge in [0.25, 0.3) is 0 Å². The average molecular weight is 904 g/mol. The number of nitrogens with zero attached hydrogens (tertiary/aromatic N) is 5. The quantitative estimate of drug-likeness (QED) is 0.0941. The number of amidine groups is 1. The number of benzene rings is 3. The first kappa shape index (κ1) is 44.4. The molecule has 7 atom stereocenters. The maximum absolute atomic E-state index is 14.8. The number of amides is 1. The second-order valence-electron chi connectivity index (χ2n) is 16.2. The second kappa shape index (κ2) is 18.6. The summed E-state index contributed by atoms with van der Waals surface area (Å²) in [7, 11) is 0. The summed E-state index contributed by atoms with van der Waals surface area (Å²) < 4.78 is 32.0. The Bertz CT molecular complexity index is 2710. The number of ketones is 2. The number of nitrogens with two attached hydrogens (primary N) is 2. The summed E-state index contributed by atoms with van der Waals surface area (Å²) in [6.07, 6.45) is -6.42. The van der Waals surface area contributed by atoms with E-state index in [0.717, 1.165) is 5.56 Å². The van der Waals surface area contributed by atoms with Crippen molar-refractivity contribution in [1.29, 1.82) is 0 Å². The largest absolute Gasteiger partial charge is 0.486 e. The molecule has 342 valence electrons. The highest BCUT2D eigenvalue weighted by atomic mass is 16.7. The van der Waals surface area contributed by atoms with E-state index in [0.29, 0.717) is 35.3 Å². The van der Waals surface area contributed by atoms with Crippen LogP contribution in [0.4, 0.5) is 11.5 Å². The molecule has 7 unspecified atom stereocenters. The Morgan fingerprint density at radius 3 is 2.58 bits per heavy atom. The van der Waals surface area contributed by atoms with Crippen LogP contribution in [0.1, 0.15) is 72.9 Å². The molecule has 1 aliphatic carbocycles. The highest BCUT2D eigenvalue weighted by Crippen LogP contribution is 2.50. The topological polar surface area (TPSA) is 301 Å². The van der Waals surface area contributed by atoms with Crippen LogP contribution >= 0.6 is 0 Å². The van der Waals surface area contributed by atoms with Gasteiger partial charge in [0.2, 0.25) is 12.2 Å². The number of pyridine rings is 1. The number of aldehydes is 1. The third-order valence-electron chi connectivity index (χ3n) is 12.0. The van der Waals surface area contributed by atoms with Crippen molar-refractivity contribution >= 4 is 52.8 Å². The van der Waals surface area contributed by atoms with Crippen LogP contribution in [0.3, 0.4) is 0 Å². The number of rotatable bonds is 12. The lowest BCUT2D eigenvalue weighted by molar-refractivity contribution is -0.289. The number of carbonyl (C=O) groups is 4. The van der Waals surface area contributed by atoms with E-state index in [1.165, 1.54) is 24.3 Å². The van der Waals surface area contributed by atoms with Gasteiger partial charge < -0.3 is 65.3 Å². The zero-order valence-electron chi connectivity index (χ0n) is 35.2. The maximum Gasteiger partial charge on any atom is 0.302 e. The van der Waals surface area contributed by atoms with Crippen molar-refractivity contribution < 1.29 is 63.3 Å². The van der Waals surface area contributed by atoms with Crippen LogP contribution in [0.2, 0.25) is 0 Å². The van der Waals surface area contributed by atoms with E-state index in [4.69, 9.17) is 35.2 Å². The Labute approximate surface area is 376 Å². The Morgan fingerprint density at radius 1 is 0.939 bits per heavy atom. The van der Waals surface area contributed by atoms with Gasteiger partial charge in [-0.2, -0.15) is 9.98 Å². The van der Waals surface area contributed by atoms with E-state index in [9.17, 15) is 39.6 Å². The molecule has 20 heteroatoms. The van der Waals surface area contributed by atoms with Gasteiger partial charge in [-0.05, 0) is 65.9 Å². The Balaban J connectivity index is 1.24. The molecule has 1 aromatic heterocycles. The number of nitrogen functional groups attached to an aromatic ring is 1. The number of guanidine groups is 1. The molecule has 1 fully saturated rings. The van der Waals surface area contributed by atoms with Crippen LogP contribution in [0, 0.1) is 0 Å². The Hall–Kier alpha value is -6.78. The summed E-state index contributed by atoms with van der Waals surface area (Å²) in [6, 6.07) is 16.5. The van der Waals surface area contributed by atoms with Crippen LogP contribution in [0.15, 0.2) is 81.8 Å². The highest BCUT2D eigenvalue weighted by Gasteiger charge is 2.49. The predicted molar refractivity (Wildman–Crippen MR) is 234 cm³/mol. The lowest BCUT2D eigenvalue weighted by Gasteiger charge is -2.42. The fraction of sp³-hybridized carbons (Fsp3) is 0.348. The van der Waals surface area contributed by atoms with Crippen molar-refractivity contribution in [3.8, 4) is 11.5 Å². The number of aliphatic imine (C=N–C) groups is 3. The number of aliphatic hydroxyl groups is 4. The molecule has 4 aromatic rings. The van der Waals surface area contributed by atoms with Crippen molar-refractivity contribution in [2.75, 3.05) is 43.7 Å². The first-order valence-corrected chi connectivity index (χ1v) is 21.2. The minimum atomic E-state index is -1.61. The number of anilines is 2. The lowest BCUT2D eigenvalue weighted by atomic mass is 9.78. The van der Waals surface area contributed by atoms with Crippen molar-refractivity contribution in [2.24, 2.45) is 20.7 Å². The zero-order chi connectivity index (χ0) is 46.2. The average Bonchev–Trinajstić information content (AvgIpc) is 3.73. The standard InChI is InChI=1S/C46H45N7O13/c47-33-16-22(7-11-49-33)9-14-63-42-39(60)38(59)32-20-62-13-10-25(26-3-1-2-4-31(26)53-21-50-35-43(53)51-46(48)52-44(35)61)29-17-30-34(37(58)28-15-23(18-55)5-6-27(28)36(30)57)41(40(29)66-45(42)65-32)64-19-24(56)8-12-54/h1-7,11-12,15-17,24-25,32,38-39,42,45,55-56,59-60H,8-10,13-14,18-21H2,(H2,47,49)(H2,48,52,61). The van der Waals surface area contributed by atoms with Crippen LogP contribution in [0.25, 0.3) is 0 Å². The monoisotopic (exact) mass is 903 g/mol. The van der Waals surface area contributed by atoms with Gasteiger partial charge in [-0.3, -0.25) is 19.4 Å². The van der Waals surface area contributed by atoms with Gasteiger partial charge in [-0.25, -0.2) is 4.98 Å². The smallest absolute Gasteiger partial charge is 0.302 e. The molecule has 1 saturated heterocycles. The number of carbonyl (C=O) groups excluding carboxylic acids is 4. The summed E-state index contributed by atoms with van der Waals surface area (Å²) >= 11 is 0. The third-order valence-corrected chi connectivity index (χ3v) is 12.0. The van der Waals surface area contributed by atoms with Crippen LogP contribution in [0.5, 0.6) is 11.5 Å². The summed E-state index contributed by atoms with van der Waals surface area (Å²) in [4.78, 5) is 72.2. The molecule has 3 aromatic carbocycles. The van der Waals surface area contributed by atoms with E-state index in [-0.39, 0.29) is 96.2 Å². The van der Waals surface area contributed by atoms with Gasteiger partial charge in [0.1, 0.15) is 49.8 Å². The summed E-state index contributed by atoms with van der Waals surface area (Å²) in [5.41, 5.74) is 14.1. The van der Waals surface area contributed by atoms with Crippen LogP contribution in [-0.2, 0) is 36.8 Å². The molecule has 5 heterocycles. The van der Waals surface area contributed by atoms with Crippen molar-refractivity contribution in [3.63, 3.8) is 0 Å². The molecule has 0 radical (unpaired) electrons. The molecule has 20 nitrogen and oxygen atoms in total. The van der Waals surface area contributed by atoms with Crippen molar-refractivity contribution in [2.45, 2.75) is 68.6 Å². The summed E-state index contributed by atoms with van der Waals surface area (Å²) in [5.74, 6) is -2.94. The Morgan fingerprint density at radius 2 is 1.77 bits per heavy atom. The van der Waals surface area contributed by atoms with E-state index >= 15 is 0 Å². The number of fused-ring (bicyclic) bond motifs is 6. The molecule has 9 rings (SSSR count). The number of aromatic nitrogens is 1. The number of hydrogen-bond donors (Lipinski definition) is 6. The van der Waals surface area contributed by atoms with Gasteiger partial charge in [0.05, 0.1) is 31.5 Å². The molecule has 4 aliphatic heterocycles. The summed E-state index contributed by atoms with van der Waals surface area (Å²) in [6.45, 7) is -1.22. The fourth-order valence-electron chi connectivity index (χ4n) is 8.76. The molecule has 8 N–H and O–H groups in total. The van der Waals surface area contributed by atoms with Crippen LogP contribution < -0.4 is 25.8 Å². The molecule has 5 aliphatic rings. The minimum absolute atomic E-state index is 0.00648. The van der Waals surface area contributed by atoms with E-state index in [2.05, 4.69) is 20.0 Å². The minimum Gasteiger partial charge on any atom is -0.486 e. The number of para-hydroxylation sites is 1. The molecule has 66 heavy (non-hydrogen) atoms. The molecule has 2 bridgehead atoms. The lowest BCUT2D eigenvalue weighted by Crippen LogP contribution is -2.61. The molecule has 0 saturated carbocycles. The third kappa shape index (κ3) is 8.34. The first-order chi connectivity index (χ1) is 31.9. The van der Waals surface area contributed by atoms with Crippen molar-refractivity contribution in [3.05, 3.63) is 111 Å². The number of hydrogen-bond acceptors (Lipinski definition) is 19. The first-order valence-electron chi connectivity index (χ1n) is 21.2. The Kier molecular flexibility index (Phi) is 12.5. The van der Waals surface area contributed by atoms with Gasteiger partial charge >= 0.3 is 5.91 Å². The van der Waals surface area contributed by atoms with E-state index in [1.807, 2.05) is 6.07 Å². The fourth-order valence-corrected chi connectivity index (χ4v) is 8.76. The van der Waals surface area contributed by atoms with E-state index in [1.54, 1.807) is 41.4 Å². The zero-order valence-corrected chi connectivity index (χ0v) is 35.2. The van der Waals surface area contributed by atoms with Gasteiger partial charge in [-0.15, -0.1) is 0 Å². The number of aliphatic hydroxyl groups excluding tert-OH is 4. The van der Waals surface area contributed by atoms with E-state index < -0.39 is 73.4 Å².